The van der Waals surface area contributed by atoms with Crippen LogP contribution in [0.3, 0.4) is 0 Å². The van der Waals surface area contributed by atoms with Crippen LogP contribution in [-0.2, 0) is 14.6 Å². The molecule has 0 amide bonds. The fourth-order valence-electron chi connectivity index (χ4n) is 1.40. The maximum atomic E-state index is 12.1. The number of benzene rings is 1. The molecule has 2 unspecified atom stereocenters. The van der Waals surface area contributed by atoms with Crippen LogP contribution < -0.4 is 0 Å². The fraction of sp³-hybridized carbons (Fsp3) is 0.357. The second kappa shape index (κ2) is 7.81. The first-order valence-electron chi connectivity index (χ1n) is 5.92. The van der Waals surface area contributed by atoms with E-state index in [9.17, 15) is 13.5 Å². The van der Waals surface area contributed by atoms with Crippen molar-refractivity contribution in [3.05, 3.63) is 42.5 Å². The normalized spacial score (nSPS) is 13.6. The van der Waals surface area contributed by atoms with E-state index < -0.39 is 27.2 Å². The predicted octanol–water partition coefficient (Wildman–Crippen LogP) is 1.88. The first-order valence-corrected chi connectivity index (χ1v) is 7.47. The minimum absolute atomic E-state index is 0.225. The molecule has 0 saturated heterocycles. The highest BCUT2D eigenvalue weighted by Gasteiger charge is 2.29. The van der Waals surface area contributed by atoms with Gasteiger partial charge < -0.3 is 10.2 Å². The molecule has 0 heterocycles. The summed E-state index contributed by atoms with van der Waals surface area (Å²) in [5.74, 6) is -0.833. The van der Waals surface area contributed by atoms with Gasteiger partial charge >= 0.3 is 0 Å². The first kappa shape index (κ1) is 18.3. The number of aliphatic hydroxyl groups excluding tert-OH is 1. The van der Waals surface area contributed by atoms with Gasteiger partial charge in [-0.2, -0.15) is 0 Å². The van der Waals surface area contributed by atoms with Gasteiger partial charge in [0.25, 0.3) is 5.97 Å². The van der Waals surface area contributed by atoms with Crippen molar-refractivity contribution in [2.45, 2.75) is 37.0 Å². The predicted molar refractivity (Wildman–Crippen MR) is 77.2 cm³/mol. The maximum absolute atomic E-state index is 12.1. The van der Waals surface area contributed by atoms with Crippen LogP contribution in [0, 0.1) is 0 Å². The lowest BCUT2D eigenvalue weighted by Crippen LogP contribution is -2.32. The average molecular weight is 300 g/mol. The summed E-state index contributed by atoms with van der Waals surface area (Å²) in [6.45, 7) is 7.75. The molecule has 1 aromatic rings. The van der Waals surface area contributed by atoms with E-state index in [-0.39, 0.29) is 4.90 Å². The number of carboxylic acids is 1. The minimum atomic E-state index is -3.49. The summed E-state index contributed by atoms with van der Waals surface area (Å²) >= 11 is 0. The van der Waals surface area contributed by atoms with Crippen LogP contribution in [0.2, 0.25) is 0 Å². The lowest BCUT2D eigenvalue weighted by atomic mass is 10.1. The number of hydrogen-bond donors (Lipinski definition) is 2. The molecule has 0 saturated carbocycles. The van der Waals surface area contributed by atoms with Crippen molar-refractivity contribution in [1.29, 1.82) is 0 Å². The first-order chi connectivity index (χ1) is 9.10. The molecule has 0 bridgehead atoms. The monoisotopic (exact) mass is 300 g/mol. The van der Waals surface area contributed by atoms with E-state index in [0.717, 1.165) is 6.92 Å². The van der Waals surface area contributed by atoms with Gasteiger partial charge in [0.1, 0.15) is 0 Å². The number of rotatable bonds is 4. The summed E-state index contributed by atoms with van der Waals surface area (Å²) in [4.78, 5) is 9.22. The van der Waals surface area contributed by atoms with Gasteiger partial charge in [0.15, 0.2) is 9.84 Å². The Kier molecular flexibility index (Phi) is 7.17. The standard InChI is InChI=1S/C12H16O3S.C2H4O2/c1-9(2)12(13)10(3)16(14,15)11-7-5-4-6-8-11;1-2(3)4/h4-8,10,12-13H,1H2,2-3H3;1H3,(H,3,4). The highest BCUT2D eigenvalue weighted by Crippen LogP contribution is 2.20. The van der Waals surface area contributed by atoms with E-state index in [2.05, 4.69) is 6.58 Å². The Labute approximate surface area is 119 Å². The molecule has 0 aliphatic heterocycles. The molecule has 0 aromatic heterocycles. The summed E-state index contributed by atoms with van der Waals surface area (Å²) < 4.78 is 24.2. The molecule has 6 heteroatoms. The molecular formula is C14H20O5S. The highest BCUT2D eigenvalue weighted by atomic mass is 32.2. The third kappa shape index (κ3) is 5.54. The lowest BCUT2D eigenvalue weighted by Gasteiger charge is -2.19. The van der Waals surface area contributed by atoms with Crippen LogP contribution in [0.25, 0.3) is 0 Å². The van der Waals surface area contributed by atoms with Gasteiger partial charge in [0, 0.05) is 6.92 Å². The van der Waals surface area contributed by atoms with Gasteiger partial charge in [-0.3, -0.25) is 4.79 Å². The number of sulfone groups is 1. The molecule has 0 spiro atoms. The molecule has 1 rings (SSSR count). The van der Waals surface area contributed by atoms with Crippen LogP contribution in [0.15, 0.2) is 47.4 Å². The van der Waals surface area contributed by atoms with Crippen molar-refractivity contribution >= 4 is 15.8 Å². The van der Waals surface area contributed by atoms with E-state index in [4.69, 9.17) is 9.90 Å². The third-order valence-electron chi connectivity index (χ3n) is 2.51. The topological polar surface area (TPSA) is 91.7 Å². The lowest BCUT2D eigenvalue weighted by molar-refractivity contribution is -0.134. The Bertz CT molecular complexity index is 544. The molecule has 112 valence electrons. The van der Waals surface area contributed by atoms with E-state index in [0.29, 0.717) is 5.57 Å². The van der Waals surface area contributed by atoms with Crippen LogP contribution in [0.4, 0.5) is 0 Å². The van der Waals surface area contributed by atoms with E-state index >= 15 is 0 Å². The van der Waals surface area contributed by atoms with Gasteiger partial charge in [-0.05, 0) is 26.0 Å². The summed E-state index contributed by atoms with van der Waals surface area (Å²) in [5, 5.41) is 16.2. The smallest absolute Gasteiger partial charge is 0.300 e. The largest absolute Gasteiger partial charge is 0.481 e. The number of hydrogen-bond acceptors (Lipinski definition) is 4. The molecule has 2 N–H and O–H groups in total. The zero-order chi connectivity index (χ0) is 15.9. The summed E-state index contributed by atoms with van der Waals surface area (Å²) in [5.41, 5.74) is 0.451. The fourth-order valence-corrected chi connectivity index (χ4v) is 2.93. The molecule has 20 heavy (non-hydrogen) atoms. The van der Waals surface area contributed by atoms with Crippen molar-refractivity contribution < 1.29 is 23.4 Å². The third-order valence-corrected chi connectivity index (χ3v) is 4.68. The minimum Gasteiger partial charge on any atom is -0.481 e. The van der Waals surface area contributed by atoms with Crippen LogP contribution in [-0.4, -0.2) is 36.0 Å². The van der Waals surface area contributed by atoms with Gasteiger partial charge in [-0.25, -0.2) is 8.42 Å². The summed E-state index contributed by atoms with van der Waals surface area (Å²) in [6, 6.07) is 8.12. The van der Waals surface area contributed by atoms with E-state index in [1.54, 1.807) is 25.1 Å². The van der Waals surface area contributed by atoms with E-state index in [1.165, 1.54) is 19.1 Å². The highest BCUT2D eigenvalue weighted by molar-refractivity contribution is 7.92. The van der Waals surface area contributed by atoms with Gasteiger partial charge in [0.05, 0.1) is 16.2 Å². The molecule has 5 nitrogen and oxygen atoms in total. The maximum Gasteiger partial charge on any atom is 0.300 e. The van der Waals surface area contributed by atoms with Gasteiger partial charge in [-0.1, -0.05) is 30.4 Å². The zero-order valence-corrected chi connectivity index (χ0v) is 12.6. The Morgan fingerprint density at radius 3 is 1.95 bits per heavy atom. The number of aliphatic carboxylic acids is 1. The SMILES string of the molecule is C=C(C)C(O)C(C)S(=O)(=O)c1ccccc1.CC(=O)O. The van der Waals surface area contributed by atoms with Crippen molar-refractivity contribution in [3.8, 4) is 0 Å². The molecule has 0 aliphatic rings. The number of aliphatic hydroxyl groups is 1. The molecular weight excluding hydrogens is 280 g/mol. The molecule has 2 atom stereocenters. The second-order valence-corrected chi connectivity index (χ2v) is 6.68. The molecule has 1 aromatic carbocycles. The Balaban J connectivity index is 0.000000796. The summed E-state index contributed by atoms with van der Waals surface area (Å²) in [6.07, 6.45) is -1.04. The van der Waals surface area contributed by atoms with Gasteiger partial charge in [0.2, 0.25) is 0 Å². The van der Waals surface area contributed by atoms with Crippen molar-refractivity contribution in [2.75, 3.05) is 0 Å². The van der Waals surface area contributed by atoms with E-state index in [1.807, 2.05) is 0 Å². The molecule has 0 fully saturated rings. The number of carbonyl (C=O) groups is 1. The average Bonchev–Trinajstić information content (AvgIpc) is 2.37. The van der Waals surface area contributed by atoms with Crippen molar-refractivity contribution in [2.24, 2.45) is 0 Å². The second-order valence-electron chi connectivity index (χ2n) is 4.37. The van der Waals surface area contributed by atoms with Crippen molar-refractivity contribution in [1.82, 2.24) is 0 Å². The van der Waals surface area contributed by atoms with Crippen LogP contribution in [0.1, 0.15) is 20.8 Å². The Morgan fingerprint density at radius 2 is 1.60 bits per heavy atom. The van der Waals surface area contributed by atoms with Crippen LogP contribution in [0.5, 0.6) is 0 Å². The Morgan fingerprint density at radius 1 is 1.20 bits per heavy atom. The molecule has 0 radical (unpaired) electrons. The molecule has 0 aliphatic carbocycles. The van der Waals surface area contributed by atoms with Crippen LogP contribution >= 0.6 is 0 Å². The van der Waals surface area contributed by atoms with Crippen molar-refractivity contribution in [3.63, 3.8) is 0 Å². The number of carboxylic acid groups (broad SMARTS) is 1. The van der Waals surface area contributed by atoms with Gasteiger partial charge in [-0.15, -0.1) is 0 Å². The Hall–Kier alpha value is -1.66. The zero-order valence-electron chi connectivity index (χ0n) is 11.8. The summed E-state index contributed by atoms with van der Waals surface area (Å²) in [7, 11) is -3.49. The quantitative estimate of drug-likeness (QED) is 0.828.